The molecule has 30 heavy (non-hydrogen) atoms. The molecule has 0 aliphatic carbocycles. The molecule has 0 bridgehead atoms. The summed E-state index contributed by atoms with van der Waals surface area (Å²) < 4.78 is 4.75. The molecule has 3 rings (SSSR count). The van der Waals surface area contributed by atoms with Gasteiger partial charge in [-0.25, -0.2) is 4.79 Å². The van der Waals surface area contributed by atoms with Gasteiger partial charge in [0.25, 0.3) is 0 Å². The highest BCUT2D eigenvalue weighted by molar-refractivity contribution is 6.01. The Labute approximate surface area is 176 Å². The van der Waals surface area contributed by atoms with Crippen molar-refractivity contribution in [1.82, 2.24) is 0 Å². The van der Waals surface area contributed by atoms with E-state index in [1.165, 1.54) is 7.11 Å². The zero-order chi connectivity index (χ0) is 21.8. The number of carbonyl (C=O) groups is 3. The van der Waals surface area contributed by atoms with Gasteiger partial charge in [-0.15, -0.1) is 0 Å². The second-order valence-electron chi connectivity index (χ2n) is 7.98. The Morgan fingerprint density at radius 2 is 1.83 bits per heavy atom. The Morgan fingerprint density at radius 3 is 2.43 bits per heavy atom. The fraction of sp³-hybridized carbons (Fsp3) is 0.348. The number of primary amides is 1. The molecule has 3 N–H and O–H groups in total. The highest BCUT2D eigenvalue weighted by Gasteiger charge is 2.29. The van der Waals surface area contributed by atoms with Crippen LogP contribution in [0.2, 0.25) is 0 Å². The van der Waals surface area contributed by atoms with Crippen LogP contribution in [0, 0.1) is 11.8 Å². The summed E-state index contributed by atoms with van der Waals surface area (Å²) in [4.78, 5) is 38.2. The molecule has 0 aromatic heterocycles. The van der Waals surface area contributed by atoms with Crippen molar-refractivity contribution >= 4 is 29.2 Å². The molecule has 2 aromatic rings. The predicted molar refractivity (Wildman–Crippen MR) is 115 cm³/mol. The third-order valence-electron chi connectivity index (χ3n) is 5.20. The standard InChI is InChI=1S/C23H27N3O4/c1-14(2)10-18-13-26(12-15-4-6-16(7-5-15)23(29)30-3)20-9-8-17(21(24)27)11-19(20)25-22(18)28/h4-9,11,14,18H,10,12-13H2,1-3H3,(H2,24,27)(H,25,28). The average molecular weight is 409 g/mol. The Kier molecular flexibility index (Phi) is 6.40. The van der Waals surface area contributed by atoms with Crippen molar-refractivity contribution in [2.75, 3.05) is 23.9 Å². The van der Waals surface area contributed by atoms with E-state index in [0.717, 1.165) is 17.7 Å². The van der Waals surface area contributed by atoms with Gasteiger partial charge in [-0.1, -0.05) is 26.0 Å². The number of amides is 2. The fourth-order valence-corrected chi connectivity index (χ4v) is 3.73. The number of hydrogen-bond donors (Lipinski definition) is 2. The lowest BCUT2D eigenvalue weighted by Gasteiger charge is -2.27. The van der Waals surface area contributed by atoms with E-state index >= 15 is 0 Å². The Hall–Kier alpha value is -3.35. The summed E-state index contributed by atoms with van der Waals surface area (Å²) in [6, 6.07) is 12.3. The minimum atomic E-state index is -0.542. The molecular formula is C23H27N3O4. The third-order valence-corrected chi connectivity index (χ3v) is 5.20. The van der Waals surface area contributed by atoms with Crippen LogP contribution in [0.15, 0.2) is 42.5 Å². The van der Waals surface area contributed by atoms with Crippen LogP contribution in [0.25, 0.3) is 0 Å². The number of fused-ring (bicyclic) bond motifs is 1. The minimum absolute atomic E-state index is 0.0601. The first kappa shape index (κ1) is 21.4. The number of methoxy groups -OCH3 is 1. The summed E-state index contributed by atoms with van der Waals surface area (Å²) in [6.07, 6.45) is 0.750. The Bertz CT molecular complexity index is 953. The fourth-order valence-electron chi connectivity index (χ4n) is 3.73. The van der Waals surface area contributed by atoms with E-state index in [9.17, 15) is 14.4 Å². The quantitative estimate of drug-likeness (QED) is 0.714. The summed E-state index contributed by atoms with van der Waals surface area (Å²) in [5, 5.41) is 2.97. The molecule has 7 nitrogen and oxygen atoms in total. The van der Waals surface area contributed by atoms with Gasteiger partial charge in [0.15, 0.2) is 0 Å². The van der Waals surface area contributed by atoms with Crippen LogP contribution in [-0.4, -0.2) is 31.4 Å². The van der Waals surface area contributed by atoms with Gasteiger partial charge in [0.05, 0.1) is 30.0 Å². The molecule has 0 saturated heterocycles. The maximum absolute atomic E-state index is 12.8. The lowest BCUT2D eigenvalue weighted by molar-refractivity contribution is -0.120. The second kappa shape index (κ2) is 8.98. The summed E-state index contributed by atoms with van der Waals surface area (Å²) in [5.74, 6) is -0.810. The highest BCUT2D eigenvalue weighted by atomic mass is 16.5. The first-order valence-corrected chi connectivity index (χ1v) is 9.95. The number of rotatable bonds is 6. The van der Waals surface area contributed by atoms with Gasteiger partial charge < -0.3 is 20.7 Å². The lowest BCUT2D eigenvalue weighted by Crippen LogP contribution is -2.33. The van der Waals surface area contributed by atoms with E-state index in [1.54, 1.807) is 24.3 Å². The van der Waals surface area contributed by atoms with Crippen molar-refractivity contribution in [2.24, 2.45) is 17.6 Å². The van der Waals surface area contributed by atoms with Crippen molar-refractivity contribution in [2.45, 2.75) is 26.8 Å². The van der Waals surface area contributed by atoms with E-state index in [4.69, 9.17) is 10.5 Å². The molecule has 2 amide bonds. The summed E-state index contributed by atoms with van der Waals surface area (Å²) in [5.41, 5.74) is 8.65. The third kappa shape index (κ3) is 4.79. The van der Waals surface area contributed by atoms with E-state index < -0.39 is 5.91 Å². The van der Waals surface area contributed by atoms with Crippen molar-refractivity contribution in [1.29, 1.82) is 0 Å². The molecule has 1 atom stereocenters. The predicted octanol–water partition coefficient (Wildman–Crippen LogP) is 3.19. The van der Waals surface area contributed by atoms with Crippen molar-refractivity contribution in [3.63, 3.8) is 0 Å². The van der Waals surface area contributed by atoms with E-state index in [0.29, 0.717) is 35.8 Å². The van der Waals surface area contributed by atoms with Gasteiger partial charge in [0.2, 0.25) is 11.8 Å². The molecule has 1 heterocycles. The average Bonchev–Trinajstić information content (AvgIpc) is 2.83. The maximum atomic E-state index is 12.8. The normalized spacial score (nSPS) is 15.9. The van der Waals surface area contributed by atoms with Crippen LogP contribution in [0.3, 0.4) is 0 Å². The van der Waals surface area contributed by atoms with Crippen molar-refractivity contribution < 1.29 is 19.1 Å². The monoisotopic (exact) mass is 409 g/mol. The number of esters is 1. The Morgan fingerprint density at radius 1 is 1.17 bits per heavy atom. The summed E-state index contributed by atoms with van der Waals surface area (Å²) in [7, 11) is 1.35. The topological polar surface area (TPSA) is 102 Å². The maximum Gasteiger partial charge on any atom is 0.337 e. The van der Waals surface area contributed by atoms with Crippen LogP contribution in [-0.2, 0) is 16.1 Å². The number of benzene rings is 2. The summed E-state index contributed by atoms with van der Waals surface area (Å²) >= 11 is 0. The summed E-state index contributed by atoms with van der Waals surface area (Å²) in [6.45, 7) is 5.28. The number of nitrogens with zero attached hydrogens (tertiary/aromatic N) is 1. The van der Waals surface area contributed by atoms with Crippen molar-refractivity contribution in [3.8, 4) is 0 Å². The van der Waals surface area contributed by atoms with Crippen molar-refractivity contribution in [3.05, 3.63) is 59.2 Å². The molecule has 158 valence electrons. The highest BCUT2D eigenvalue weighted by Crippen LogP contribution is 2.33. The van der Waals surface area contributed by atoms with Gasteiger partial charge in [-0.3, -0.25) is 9.59 Å². The molecule has 7 heteroatoms. The molecule has 2 aromatic carbocycles. The van der Waals surface area contributed by atoms with Gasteiger partial charge in [0.1, 0.15) is 0 Å². The molecule has 1 aliphatic heterocycles. The van der Waals surface area contributed by atoms with Crippen LogP contribution in [0.4, 0.5) is 11.4 Å². The molecule has 1 aliphatic rings. The largest absolute Gasteiger partial charge is 0.465 e. The van der Waals surface area contributed by atoms with E-state index in [-0.39, 0.29) is 17.8 Å². The number of hydrogen-bond acceptors (Lipinski definition) is 5. The SMILES string of the molecule is COC(=O)c1ccc(CN2CC(CC(C)C)C(=O)Nc3cc(C(N)=O)ccc32)cc1. The van der Waals surface area contributed by atoms with Gasteiger partial charge in [0, 0.05) is 18.7 Å². The number of nitrogens with two attached hydrogens (primary N) is 1. The number of nitrogens with one attached hydrogen (secondary N) is 1. The van der Waals surface area contributed by atoms with Crippen LogP contribution in [0.5, 0.6) is 0 Å². The van der Waals surface area contributed by atoms with Crippen LogP contribution in [0.1, 0.15) is 46.5 Å². The molecule has 0 spiro atoms. The van der Waals surface area contributed by atoms with Gasteiger partial charge in [-0.2, -0.15) is 0 Å². The molecular weight excluding hydrogens is 382 g/mol. The first-order chi connectivity index (χ1) is 14.3. The second-order valence-corrected chi connectivity index (χ2v) is 7.98. The minimum Gasteiger partial charge on any atom is -0.465 e. The zero-order valence-electron chi connectivity index (χ0n) is 17.5. The first-order valence-electron chi connectivity index (χ1n) is 9.95. The smallest absolute Gasteiger partial charge is 0.337 e. The molecule has 1 unspecified atom stereocenters. The van der Waals surface area contributed by atoms with Gasteiger partial charge >= 0.3 is 5.97 Å². The lowest BCUT2D eigenvalue weighted by atomic mass is 9.96. The number of anilines is 2. The number of carbonyl (C=O) groups excluding carboxylic acids is 3. The van der Waals surface area contributed by atoms with E-state index in [2.05, 4.69) is 24.1 Å². The molecule has 0 fully saturated rings. The van der Waals surface area contributed by atoms with Crippen LogP contribution < -0.4 is 16.0 Å². The molecule has 0 saturated carbocycles. The molecule has 0 radical (unpaired) electrons. The van der Waals surface area contributed by atoms with Gasteiger partial charge in [-0.05, 0) is 48.2 Å². The van der Waals surface area contributed by atoms with Crippen LogP contribution >= 0.6 is 0 Å². The zero-order valence-corrected chi connectivity index (χ0v) is 17.5. The number of ether oxygens (including phenoxy) is 1. The Balaban J connectivity index is 1.94. The van der Waals surface area contributed by atoms with E-state index in [1.807, 2.05) is 18.2 Å².